The molecule has 0 bridgehead atoms. The number of likely N-dealkylation sites (tertiary alicyclic amines) is 1. The number of benzene rings is 2. The van der Waals surface area contributed by atoms with Crippen molar-refractivity contribution in [1.29, 1.82) is 0 Å². The van der Waals surface area contributed by atoms with E-state index < -0.39 is 0 Å². The van der Waals surface area contributed by atoms with Gasteiger partial charge >= 0.3 is 0 Å². The van der Waals surface area contributed by atoms with Crippen molar-refractivity contribution in [3.8, 4) is 11.5 Å². The van der Waals surface area contributed by atoms with E-state index in [9.17, 15) is 5.11 Å². The van der Waals surface area contributed by atoms with E-state index in [0.717, 1.165) is 38.2 Å². The van der Waals surface area contributed by atoms with E-state index in [4.69, 9.17) is 4.74 Å². The highest BCUT2D eigenvalue weighted by atomic mass is 16.5. The molecule has 4 nitrogen and oxygen atoms in total. The highest BCUT2D eigenvalue weighted by Gasteiger charge is 2.23. The van der Waals surface area contributed by atoms with E-state index in [1.165, 1.54) is 18.4 Å². The van der Waals surface area contributed by atoms with Gasteiger partial charge in [0.25, 0.3) is 0 Å². The maximum Gasteiger partial charge on any atom is 0.160 e. The maximum atomic E-state index is 10.1. The molecule has 1 heterocycles. The number of phenols is 1. The number of piperidine rings is 1. The monoisotopic (exact) mass is 354 g/mol. The molecule has 0 spiro atoms. The zero-order valence-corrected chi connectivity index (χ0v) is 15.9. The second-order valence-electron chi connectivity index (χ2n) is 7.25. The standard InChI is InChI=1S/C22H30N2O2/c1-23-13-11-20(12-14-23)24(15-10-18-6-4-3-5-7-18)17-19-8-9-22(26-2)21(25)16-19/h3-9,16,20,25H,10-15,17H2,1-2H3. The molecule has 26 heavy (non-hydrogen) atoms. The van der Waals surface area contributed by atoms with Gasteiger partial charge in [0.15, 0.2) is 11.5 Å². The highest BCUT2D eigenvalue weighted by Crippen LogP contribution is 2.28. The molecule has 1 aliphatic heterocycles. The lowest BCUT2D eigenvalue weighted by molar-refractivity contribution is 0.115. The largest absolute Gasteiger partial charge is 0.504 e. The zero-order chi connectivity index (χ0) is 18.4. The second kappa shape index (κ2) is 9.06. The van der Waals surface area contributed by atoms with Crippen LogP contribution in [0, 0.1) is 0 Å². The number of nitrogens with zero attached hydrogens (tertiary/aromatic N) is 2. The van der Waals surface area contributed by atoms with Gasteiger partial charge in [-0.25, -0.2) is 0 Å². The normalized spacial score (nSPS) is 16.1. The minimum absolute atomic E-state index is 0.219. The molecule has 1 saturated heterocycles. The van der Waals surface area contributed by atoms with Gasteiger partial charge in [-0.15, -0.1) is 0 Å². The van der Waals surface area contributed by atoms with Gasteiger partial charge in [0.2, 0.25) is 0 Å². The van der Waals surface area contributed by atoms with E-state index in [1.54, 1.807) is 7.11 Å². The number of rotatable bonds is 7. The van der Waals surface area contributed by atoms with Crippen LogP contribution < -0.4 is 4.74 Å². The van der Waals surface area contributed by atoms with E-state index in [-0.39, 0.29) is 5.75 Å². The van der Waals surface area contributed by atoms with Crippen LogP contribution in [0.5, 0.6) is 11.5 Å². The van der Waals surface area contributed by atoms with Crippen LogP contribution in [0.2, 0.25) is 0 Å². The summed E-state index contributed by atoms with van der Waals surface area (Å²) in [5, 5.41) is 10.1. The van der Waals surface area contributed by atoms with Crippen molar-refractivity contribution in [3.05, 3.63) is 59.7 Å². The molecule has 1 aliphatic rings. The molecule has 0 aliphatic carbocycles. The van der Waals surface area contributed by atoms with Crippen molar-refractivity contribution in [2.45, 2.75) is 31.8 Å². The molecule has 0 unspecified atom stereocenters. The first kappa shape index (κ1) is 18.7. The van der Waals surface area contributed by atoms with Crippen LogP contribution in [0.25, 0.3) is 0 Å². The topological polar surface area (TPSA) is 35.9 Å². The van der Waals surface area contributed by atoms with Gasteiger partial charge < -0.3 is 14.7 Å². The predicted octanol–water partition coefficient (Wildman–Crippen LogP) is 3.54. The van der Waals surface area contributed by atoms with Crippen molar-refractivity contribution < 1.29 is 9.84 Å². The number of aromatic hydroxyl groups is 1. The van der Waals surface area contributed by atoms with Crippen LogP contribution in [-0.2, 0) is 13.0 Å². The molecule has 4 heteroatoms. The lowest BCUT2D eigenvalue weighted by Crippen LogP contribution is -2.44. The minimum Gasteiger partial charge on any atom is -0.504 e. The first-order chi connectivity index (χ1) is 12.7. The molecule has 2 aromatic rings. The van der Waals surface area contributed by atoms with Gasteiger partial charge in [-0.3, -0.25) is 4.90 Å². The molecule has 0 aromatic heterocycles. The van der Waals surface area contributed by atoms with Gasteiger partial charge in [-0.05, 0) is 62.7 Å². The molecule has 140 valence electrons. The van der Waals surface area contributed by atoms with Crippen molar-refractivity contribution in [1.82, 2.24) is 9.80 Å². The zero-order valence-electron chi connectivity index (χ0n) is 15.9. The summed E-state index contributed by atoms with van der Waals surface area (Å²) in [5.74, 6) is 0.750. The van der Waals surface area contributed by atoms with Crippen molar-refractivity contribution in [2.24, 2.45) is 0 Å². The number of phenolic OH excluding ortho intramolecular Hbond substituents is 1. The Morgan fingerprint density at radius 2 is 1.81 bits per heavy atom. The summed E-state index contributed by atoms with van der Waals surface area (Å²) in [7, 11) is 3.78. The molecule has 0 radical (unpaired) electrons. The van der Waals surface area contributed by atoms with Crippen LogP contribution in [0.4, 0.5) is 0 Å². The van der Waals surface area contributed by atoms with Gasteiger partial charge in [-0.1, -0.05) is 36.4 Å². The Bertz CT molecular complexity index is 682. The first-order valence-corrected chi connectivity index (χ1v) is 9.48. The Hall–Kier alpha value is -2.04. The van der Waals surface area contributed by atoms with Crippen LogP contribution >= 0.6 is 0 Å². The van der Waals surface area contributed by atoms with E-state index in [0.29, 0.717) is 11.8 Å². The van der Waals surface area contributed by atoms with E-state index in [1.807, 2.05) is 12.1 Å². The fourth-order valence-corrected chi connectivity index (χ4v) is 3.74. The SMILES string of the molecule is COc1ccc(CN(CCc2ccccc2)C2CCN(C)CC2)cc1O. The average Bonchev–Trinajstić information content (AvgIpc) is 2.67. The number of methoxy groups -OCH3 is 1. The second-order valence-corrected chi connectivity index (χ2v) is 7.25. The third-order valence-corrected chi connectivity index (χ3v) is 5.36. The fourth-order valence-electron chi connectivity index (χ4n) is 3.74. The van der Waals surface area contributed by atoms with Crippen molar-refractivity contribution >= 4 is 0 Å². The summed E-state index contributed by atoms with van der Waals surface area (Å²) in [4.78, 5) is 4.99. The molecule has 2 aromatic carbocycles. The third-order valence-electron chi connectivity index (χ3n) is 5.36. The van der Waals surface area contributed by atoms with Crippen LogP contribution in [-0.4, -0.2) is 54.7 Å². The number of hydrogen-bond donors (Lipinski definition) is 1. The van der Waals surface area contributed by atoms with Gasteiger partial charge in [0.05, 0.1) is 7.11 Å². The van der Waals surface area contributed by atoms with Gasteiger partial charge in [0, 0.05) is 19.1 Å². The maximum absolute atomic E-state index is 10.1. The van der Waals surface area contributed by atoms with E-state index >= 15 is 0 Å². The van der Waals surface area contributed by atoms with Gasteiger partial charge in [-0.2, -0.15) is 0 Å². The first-order valence-electron chi connectivity index (χ1n) is 9.48. The van der Waals surface area contributed by atoms with Crippen molar-refractivity contribution in [3.63, 3.8) is 0 Å². The summed E-state index contributed by atoms with van der Waals surface area (Å²) in [6, 6.07) is 17.0. The fraction of sp³-hybridized carbons (Fsp3) is 0.455. The lowest BCUT2D eigenvalue weighted by Gasteiger charge is -2.37. The lowest BCUT2D eigenvalue weighted by atomic mass is 10.0. The summed E-state index contributed by atoms with van der Waals surface area (Å²) >= 11 is 0. The molecule has 3 rings (SSSR count). The molecule has 1 N–H and O–H groups in total. The number of hydrogen-bond acceptors (Lipinski definition) is 4. The Labute approximate surface area is 157 Å². The highest BCUT2D eigenvalue weighted by molar-refractivity contribution is 5.41. The van der Waals surface area contributed by atoms with Crippen molar-refractivity contribution in [2.75, 3.05) is 33.8 Å². The quantitative estimate of drug-likeness (QED) is 0.825. The van der Waals surface area contributed by atoms with E-state index in [2.05, 4.69) is 53.2 Å². The predicted molar refractivity (Wildman–Crippen MR) is 106 cm³/mol. The Kier molecular flexibility index (Phi) is 6.53. The number of ether oxygens (including phenoxy) is 1. The third kappa shape index (κ3) is 4.99. The Morgan fingerprint density at radius 1 is 1.08 bits per heavy atom. The van der Waals surface area contributed by atoms with Crippen LogP contribution in [0.3, 0.4) is 0 Å². The molecule has 1 fully saturated rings. The smallest absolute Gasteiger partial charge is 0.160 e. The average molecular weight is 354 g/mol. The van der Waals surface area contributed by atoms with Crippen LogP contribution in [0.1, 0.15) is 24.0 Å². The summed E-state index contributed by atoms with van der Waals surface area (Å²) in [6.07, 6.45) is 3.45. The molecular formula is C22H30N2O2. The molecule has 0 amide bonds. The Morgan fingerprint density at radius 3 is 2.46 bits per heavy atom. The summed E-state index contributed by atoms with van der Waals surface area (Å²) in [6.45, 7) is 4.20. The van der Waals surface area contributed by atoms with Gasteiger partial charge in [0.1, 0.15) is 0 Å². The summed E-state index contributed by atoms with van der Waals surface area (Å²) in [5.41, 5.74) is 2.51. The molecule has 0 atom stereocenters. The molecule has 0 saturated carbocycles. The van der Waals surface area contributed by atoms with Crippen LogP contribution in [0.15, 0.2) is 48.5 Å². The summed E-state index contributed by atoms with van der Waals surface area (Å²) < 4.78 is 5.17. The Balaban J connectivity index is 1.70. The minimum atomic E-state index is 0.219. The molecular weight excluding hydrogens is 324 g/mol.